The topological polar surface area (TPSA) is 70.4 Å². The molecule has 0 spiro atoms. The molecular weight excluding hydrogens is 451 g/mol. The van der Waals surface area contributed by atoms with Crippen molar-refractivity contribution in [3.05, 3.63) is 59.8 Å². The second-order valence-electron chi connectivity index (χ2n) is 8.85. The molecule has 0 amide bonds. The van der Waals surface area contributed by atoms with E-state index in [0.29, 0.717) is 24.1 Å². The predicted molar refractivity (Wildman–Crippen MR) is 155 cm³/mol. The smallest absolute Gasteiger partial charge is 0.228 e. The van der Waals surface area contributed by atoms with Gasteiger partial charge < -0.3 is 10.4 Å². The number of allylic oxidation sites excluding steroid dienone is 2. The summed E-state index contributed by atoms with van der Waals surface area (Å²) in [4.78, 5) is 13.6. The zero-order chi connectivity index (χ0) is 27.7. The minimum atomic E-state index is -0.286. The van der Waals surface area contributed by atoms with Crippen LogP contribution in [0.15, 0.2) is 47.7 Å². The first-order valence-electron chi connectivity index (χ1n) is 13.0. The average Bonchev–Trinajstić information content (AvgIpc) is 2.83. The van der Waals surface area contributed by atoms with Crippen LogP contribution in [0.2, 0.25) is 0 Å². The first kappa shape index (κ1) is 33.0. The fraction of sp³-hybridized carbons (Fsp3) is 0.500. The van der Waals surface area contributed by atoms with Gasteiger partial charge in [0.1, 0.15) is 5.82 Å². The number of nitrogens with zero attached hydrogens (tertiary/aromatic N) is 3. The minimum Gasteiger partial charge on any atom is -0.513 e. The number of aliphatic hydroxyl groups is 1. The van der Waals surface area contributed by atoms with E-state index in [9.17, 15) is 9.50 Å². The molecule has 36 heavy (non-hydrogen) atoms. The summed E-state index contributed by atoms with van der Waals surface area (Å²) in [6.07, 6.45) is 7.81. The highest BCUT2D eigenvalue weighted by molar-refractivity contribution is 5.92. The van der Waals surface area contributed by atoms with Crippen LogP contribution >= 0.6 is 0 Å². The molecule has 2 N–H and O–H groups in total. The first-order valence-corrected chi connectivity index (χ1v) is 13.0. The Labute approximate surface area is 218 Å². The van der Waals surface area contributed by atoms with Crippen LogP contribution < -0.4 is 5.32 Å². The van der Waals surface area contributed by atoms with Crippen molar-refractivity contribution >= 4 is 17.9 Å². The van der Waals surface area contributed by atoms with E-state index in [2.05, 4.69) is 63.7 Å². The van der Waals surface area contributed by atoms with Gasteiger partial charge in [-0.15, -0.1) is 0 Å². The van der Waals surface area contributed by atoms with Crippen molar-refractivity contribution in [1.29, 1.82) is 0 Å². The molecular formula is C30H47FN4O. The average molecular weight is 499 g/mol. The molecule has 0 bridgehead atoms. The molecule has 0 fully saturated rings. The lowest BCUT2D eigenvalue weighted by molar-refractivity contribution is 0.354. The third-order valence-corrected chi connectivity index (χ3v) is 4.96. The Morgan fingerprint density at radius 3 is 2.22 bits per heavy atom. The van der Waals surface area contributed by atoms with E-state index in [1.807, 2.05) is 20.8 Å². The molecule has 1 aromatic heterocycles. The van der Waals surface area contributed by atoms with Gasteiger partial charge >= 0.3 is 0 Å². The zero-order valence-corrected chi connectivity index (χ0v) is 23.8. The Kier molecular flexibility index (Phi) is 16.7. The van der Waals surface area contributed by atoms with Gasteiger partial charge in [0.2, 0.25) is 5.95 Å². The lowest BCUT2D eigenvalue weighted by Gasteiger charge is -2.16. The molecule has 1 heterocycles. The van der Waals surface area contributed by atoms with Gasteiger partial charge in [-0.1, -0.05) is 73.6 Å². The predicted octanol–water partition coefficient (Wildman–Crippen LogP) is 9.20. The van der Waals surface area contributed by atoms with Crippen LogP contribution in [0.25, 0.3) is 17.3 Å². The number of benzene rings is 1. The quantitative estimate of drug-likeness (QED) is 0.205. The Hall–Kier alpha value is -3.02. The number of aliphatic hydroxyl groups excluding tert-OH is 1. The number of halogens is 1. The Balaban J connectivity index is 0.00000227. The van der Waals surface area contributed by atoms with Crippen molar-refractivity contribution in [3.63, 3.8) is 0 Å². The van der Waals surface area contributed by atoms with Gasteiger partial charge in [0.25, 0.3) is 0 Å². The number of nitrogens with one attached hydrogen (secondary N) is 1. The summed E-state index contributed by atoms with van der Waals surface area (Å²) in [5, 5.41) is 12.5. The molecule has 0 aliphatic carbocycles. The van der Waals surface area contributed by atoms with E-state index < -0.39 is 0 Å². The lowest BCUT2D eigenvalue weighted by Crippen LogP contribution is -2.13. The molecule has 2 rings (SSSR count). The van der Waals surface area contributed by atoms with Gasteiger partial charge in [-0.3, -0.25) is 4.99 Å². The third kappa shape index (κ3) is 12.1. The molecule has 0 radical (unpaired) electrons. The summed E-state index contributed by atoms with van der Waals surface area (Å²) in [6.45, 7) is 20.0. The maximum absolute atomic E-state index is 13.5. The number of anilines is 1. The van der Waals surface area contributed by atoms with Crippen molar-refractivity contribution in [3.8, 4) is 11.3 Å². The maximum atomic E-state index is 13.5. The van der Waals surface area contributed by atoms with E-state index in [4.69, 9.17) is 9.97 Å². The second-order valence-corrected chi connectivity index (χ2v) is 8.85. The van der Waals surface area contributed by atoms with Gasteiger partial charge in [0.15, 0.2) is 0 Å². The summed E-state index contributed by atoms with van der Waals surface area (Å²) in [5.74, 6) is 1.63. The number of aromatic nitrogens is 2. The summed E-state index contributed by atoms with van der Waals surface area (Å²) in [5.41, 5.74) is 3.41. The largest absolute Gasteiger partial charge is 0.513 e. The molecule has 2 aromatic rings. The highest BCUT2D eigenvalue weighted by Gasteiger charge is 2.17. The van der Waals surface area contributed by atoms with Crippen molar-refractivity contribution < 1.29 is 9.50 Å². The summed E-state index contributed by atoms with van der Waals surface area (Å²) < 4.78 is 13.5. The van der Waals surface area contributed by atoms with Crippen LogP contribution in [-0.4, -0.2) is 28.0 Å². The summed E-state index contributed by atoms with van der Waals surface area (Å²) in [7, 11) is 1.71. The monoisotopic (exact) mass is 498 g/mol. The van der Waals surface area contributed by atoms with Crippen LogP contribution in [0, 0.1) is 11.7 Å². The third-order valence-electron chi connectivity index (χ3n) is 4.96. The maximum Gasteiger partial charge on any atom is 0.228 e. The second kappa shape index (κ2) is 18.3. The van der Waals surface area contributed by atoms with Crippen LogP contribution in [0.3, 0.4) is 0 Å². The molecule has 0 saturated heterocycles. The van der Waals surface area contributed by atoms with Gasteiger partial charge in [0, 0.05) is 24.6 Å². The molecule has 0 saturated carbocycles. The fourth-order valence-corrected chi connectivity index (χ4v) is 3.28. The molecule has 6 heteroatoms. The first-order chi connectivity index (χ1) is 17.1. The number of rotatable bonds is 9. The number of aliphatic imine (C=N–C) groups is 1. The highest BCUT2D eigenvalue weighted by atomic mass is 19.1. The van der Waals surface area contributed by atoms with E-state index in [1.54, 1.807) is 19.2 Å². The van der Waals surface area contributed by atoms with Crippen molar-refractivity contribution in [1.82, 2.24) is 9.97 Å². The van der Waals surface area contributed by atoms with Crippen LogP contribution in [-0.2, 0) is 0 Å². The zero-order valence-electron chi connectivity index (χ0n) is 23.8. The van der Waals surface area contributed by atoms with E-state index in [0.717, 1.165) is 35.4 Å². The SMILES string of the molecule is C=C(O)CC(C)CC/C=C/c1c(-c2ccc(F)cc2)nc(NC(C)=NC)nc1C(C)C.CC.CCC. The lowest BCUT2D eigenvalue weighted by atomic mass is 9.96. The van der Waals surface area contributed by atoms with Crippen LogP contribution in [0.1, 0.15) is 98.2 Å². The standard InChI is InChI=1S/C25H33FN4O.C3H8.C2H6/c1-16(2)23-22(10-8-7-9-17(3)15-18(4)31)24(20-11-13-21(26)14-12-20)30-25(29-23)28-19(5)27-6;1-3-2;1-2/h8,10-14,16-17,31H,4,7,9,15H2,1-3,5-6H3,(H,27,28,29,30);3H2,1-2H3;1-2H3/b10-8+;;. The molecule has 1 aromatic carbocycles. The van der Waals surface area contributed by atoms with E-state index >= 15 is 0 Å². The van der Waals surface area contributed by atoms with Gasteiger partial charge in [-0.05, 0) is 55.9 Å². The van der Waals surface area contributed by atoms with Gasteiger partial charge in [-0.25, -0.2) is 14.4 Å². The molecule has 0 aliphatic rings. The molecule has 1 unspecified atom stereocenters. The van der Waals surface area contributed by atoms with Crippen LogP contribution in [0.5, 0.6) is 0 Å². The fourth-order valence-electron chi connectivity index (χ4n) is 3.28. The summed E-state index contributed by atoms with van der Waals surface area (Å²) in [6, 6.07) is 6.35. The molecule has 1 atom stereocenters. The molecule has 0 aliphatic heterocycles. The minimum absolute atomic E-state index is 0.165. The van der Waals surface area contributed by atoms with E-state index in [1.165, 1.54) is 18.6 Å². The van der Waals surface area contributed by atoms with Gasteiger partial charge in [-0.2, -0.15) is 0 Å². The Morgan fingerprint density at radius 1 is 1.14 bits per heavy atom. The van der Waals surface area contributed by atoms with Crippen LogP contribution in [0.4, 0.5) is 10.3 Å². The Bertz CT molecular complexity index is 966. The van der Waals surface area contributed by atoms with Crippen molar-refractivity contribution in [2.24, 2.45) is 10.9 Å². The molecule has 200 valence electrons. The summed E-state index contributed by atoms with van der Waals surface area (Å²) >= 11 is 0. The number of amidine groups is 1. The Morgan fingerprint density at radius 2 is 1.72 bits per heavy atom. The number of hydrogen-bond donors (Lipinski definition) is 2. The number of hydrogen-bond acceptors (Lipinski definition) is 4. The van der Waals surface area contributed by atoms with Crippen molar-refractivity contribution in [2.45, 2.75) is 87.0 Å². The molecule has 5 nitrogen and oxygen atoms in total. The van der Waals surface area contributed by atoms with Crippen molar-refractivity contribution in [2.75, 3.05) is 12.4 Å². The highest BCUT2D eigenvalue weighted by Crippen LogP contribution is 2.30. The normalized spacial score (nSPS) is 11.9. The van der Waals surface area contributed by atoms with Gasteiger partial charge in [0.05, 0.1) is 23.0 Å². The van der Waals surface area contributed by atoms with E-state index in [-0.39, 0.29) is 17.5 Å².